The topological polar surface area (TPSA) is 73.3 Å². The summed E-state index contributed by atoms with van der Waals surface area (Å²) in [6.45, 7) is 2.84. The van der Waals surface area contributed by atoms with Crippen LogP contribution in [0.2, 0.25) is 0 Å². The highest BCUT2D eigenvalue weighted by atomic mass is 16.5. The van der Waals surface area contributed by atoms with Crippen LogP contribution in [0.25, 0.3) is 11.3 Å². The van der Waals surface area contributed by atoms with Gasteiger partial charge in [-0.05, 0) is 30.7 Å². The second-order valence-electron chi connectivity index (χ2n) is 6.53. The molecule has 3 rings (SSSR count). The second kappa shape index (κ2) is 10.2. The van der Waals surface area contributed by atoms with E-state index in [1.165, 1.54) is 6.33 Å². The number of hydrogen-bond donors (Lipinski definition) is 1. The molecule has 0 radical (unpaired) electrons. The van der Waals surface area contributed by atoms with Gasteiger partial charge in [0.05, 0.1) is 12.8 Å². The van der Waals surface area contributed by atoms with E-state index < -0.39 is 0 Å². The van der Waals surface area contributed by atoms with Crippen LogP contribution in [0, 0.1) is 0 Å². The van der Waals surface area contributed by atoms with Gasteiger partial charge in [-0.15, -0.1) is 0 Å². The van der Waals surface area contributed by atoms with Crippen molar-refractivity contribution in [1.82, 2.24) is 15.3 Å². The predicted molar refractivity (Wildman–Crippen MR) is 112 cm³/mol. The largest absolute Gasteiger partial charge is 0.493 e. The minimum atomic E-state index is -0.0597. The van der Waals surface area contributed by atoms with E-state index in [9.17, 15) is 4.79 Å². The summed E-state index contributed by atoms with van der Waals surface area (Å²) < 4.78 is 11.2. The number of carbonyl (C=O) groups is 1. The standard InChI is InChI=1S/C23H25N3O3/c1-3-4-7-14-24-23(27)18-12-10-17(11-13-18)19-15-22(26-16-25-19)29-21-9-6-5-8-20(21)28-2/h5-6,8-13,15-16H,3-4,7,14H2,1-2H3,(H,24,27). The molecule has 150 valence electrons. The van der Waals surface area contributed by atoms with Gasteiger partial charge < -0.3 is 14.8 Å². The first-order valence-corrected chi connectivity index (χ1v) is 9.73. The lowest BCUT2D eigenvalue weighted by molar-refractivity contribution is 0.0953. The molecule has 0 aliphatic rings. The van der Waals surface area contributed by atoms with Gasteiger partial charge in [0.1, 0.15) is 6.33 Å². The molecule has 29 heavy (non-hydrogen) atoms. The monoisotopic (exact) mass is 391 g/mol. The van der Waals surface area contributed by atoms with Crippen LogP contribution in [0.15, 0.2) is 60.9 Å². The number of para-hydroxylation sites is 2. The van der Waals surface area contributed by atoms with Gasteiger partial charge in [-0.1, -0.05) is 44.0 Å². The number of nitrogens with zero attached hydrogens (tertiary/aromatic N) is 2. The molecular formula is C23H25N3O3. The van der Waals surface area contributed by atoms with E-state index in [4.69, 9.17) is 9.47 Å². The average Bonchev–Trinajstić information content (AvgIpc) is 2.77. The number of benzene rings is 2. The van der Waals surface area contributed by atoms with Crippen LogP contribution < -0.4 is 14.8 Å². The molecule has 0 atom stereocenters. The lowest BCUT2D eigenvalue weighted by Gasteiger charge is -2.10. The Hall–Kier alpha value is -3.41. The summed E-state index contributed by atoms with van der Waals surface area (Å²) in [5.74, 6) is 1.56. The Balaban J connectivity index is 1.69. The van der Waals surface area contributed by atoms with Gasteiger partial charge in [0.15, 0.2) is 11.5 Å². The van der Waals surface area contributed by atoms with Gasteiger partial charge in [-0.3, -0.25) is 4.79 Å². The molecular weight excluding hydrogens is 366 g/mol. The second-order valence-corrected chi connectivity index (χ2v) is 6.53. The van der Waals surface area contributed by atoms with E-state index in [2.05, 4.69) is 22.2 Å². The van der Waals surface area contributed by atoms with Gasteiger partial charge in [0, 0.05) is 23.7 Å². The van der Waals surface area contributed by atoms with Crippen LogP contribution in [-0.2, 0) is 0 Å². The zero-order chi connectivity index (χ0) is 20.5. The van der Waals surface area contributed by atoms with Crippen molar-refractivity contribution in [2.24, 2.45) is 0 Å². The number of nitrogens with one attached hydrogen (secondary N) is 1. The first-order valence-electron chi connectivity index (χ1n) is 9.73. The molecule has 1 aromatic heterocycles. The molecule has 2 aromatic carbocycles. The Morgan fingerprint density at radius 2 is 1.76 bits per heavy atom. The summed E-state index contributed by atoms with van der Waals surface area (Å²) in [7, 11) is 1.59. The molecule has 0 saturated heterocycles. The summed E-state index contributed by atoms with van der Waals surface area (Å²) in [6, 6.07) is 16.5. The van der Waals surface area contributed by atoms with Crippen LogP contribution >= 0.6 is 0 Å². The third kappa shape index (κ3) is 5.54. The summed E-state index contributed by atoms with van der Waals surface area (Å²) in [5.41, 5.74) is 2.21. The molecule has 0 saturated carbocycles. The number of rotatable bonds is 9. The van der Waals surface area contributed by atoms with Crippen molar-refractivity contribution in [3.8, 4) is 28.6 Å². The molecule has 0 aliphatic heterocycles. The molecule has 0 bridgehead atoms. The van der Waals surface area contributed by atoms with Crippen molar-refractivity contribution in [2.45, 2.75) is 26.2 Å². The van der Waals surface area contributed by atoms with Crippen molar-refractivity contribution in [1.29, 1.82) is 0 Å². The lowest BCUT2D eigenvalue weighted by atomic mass is 10.1. The molecule has 0 aliphatic carbocycles. The highest BCUT2D eigenvalue weighted by molar-refractivity contribution is 5.94. The van der Waals surface area contributed by atoms with Gasteiger partial charge in [0.2, 0.25) is 5.88 Å². The van der Waals surface area contributed by atoms with E-state index in [1.54, 1.807) is 25.3 Å². The number of unbranched alkanes of at least 4 members (excludes halogenated alkanes) is 2. The lowest BCUT2D eigenvalue weighted by Crippen LogP contribution is -2.24. The van der Waals surface area contributed by atoms with Gasteiger partial charge in [-0.25, -0.2) is 9.97 Å². The van der Waals surface area contributed by atoms with Crippen LogP contribution in [0.3, 0.4) is 0 Å². The van der Waals surface area contributed by atoms with Crippen LogP contribution in [-0.4, -0.2) is 29.5 Å². The Kier molecular flexibility index (Phi) is 7.16. The van der Waals surface area contributed by atoms with Crippen molar-refractivity contribution >= 4 is 5.91 Å². The first-order chi connectivity index (χ1) is 14.2. The van der Waals surface area contributed by atoms with E-state index >= 15 is 0 Å². The smallest absolute Gasteiger partial charge is 0.251 e. The van der Waals surface area contributed by atoms with Crippen molar-refractivity contribution < 1.29 is 14.3 Å². The number of aromatic nitrogens is 2. The van der Waals surface area contributed by atoms with Gasteiger partial charge in [-0.2, -0.15) is 0 Å². The fourth-order valence-corrected chi connectivity index (χ4v) is 2.84. The Bertz CT molecular complexity index is 942. The number of hydrogen-bond acceptors (Lipinski definition) is 5. The number of amides is 1. The molecule has 1 N–H and O–H groups in total. The minimum Gasteiger partial charge on any atom is -0.493 e. The van der Waals surface area contributed by atoms with Gasteiger partial charge >= 0.3 is 0 Å². The molecule has 0 spiro atoms. The third-order valence-corrected chi connectivity index (χ3v) is 4.43. The van der Waals surface area contributed by atoms with Crippen LogP contribution in [0.4, 0.5) is 0 Å². The molecule has 0 fully saturated rings. The quantitative estimate of drug-likeness (QED) is 0.527. The molecule has 3 aromatic rings. The molecule has 6 heteroatoms. The SMILES string of the molecule is CCCCCNC(=O)c1ccc(-c2cc(Oc3ccccc3OC)ncn2)cc1. The normalized spacial score (nSPS) is 10.4. The summed E-state index contributed by atoms with van der Waals surface area (Å²) in [4.78, 5) is 20.7. The zero-order valence-corrected chi connectivity index (χ0v) is 16.7. The summed E-state index contributed by atoms with van der Waals surface area (Å²) in [6.07, 6.45) is 4.70. The van der Waals surface area contributed by atoms with Crippen molar-refractivity contribution in [2.75, 3.05) is 13.7 Å². The average molecular weight is 391 g/mol. The zero-order valence-electron chi connectivity index (χ0n) is 16.7. The van der Waals surface area contributed by atoms with Crippen LogP contribution in [0.5, 0.6) is 17.4 Å². The number of methoxy groups -OCH3 is 1. The Morgan fingerprint density at radius 3 is 2.48 bits per heavy atom. The highest BCUT2D eigenvalue weighted by Gasteiger charge is 2.09. The Morgan fingerprint density at radius 1 is 1.00 bits per heavy atom. The maximum Gasteiger partial charge on any atom is 0.251 e. The van der Waals surface area contributed by atoms with E-state index in [0.29, 0.717) is 35.2 Å². The number of ether oxygens (including phenoxy) is 2. The van der Waals surface area contributed by atoms with Crippen molar-refractivity contribution in [3.63, 3.8) is 0 Å². The highest BCUT2D eigenvalue weighted by Crippen LogP contribution is 2.31. The van der Waals surface area contributed by atoms with Crippen molar-refractivity contribution in [3.05, 3.63) is 66.5 Å². The molecule has 1 heterocycles. The van der Waals surface area contributed by atoms with Gasteiger partial charge in [0.25, 0.3) is 5.91 Å². The number of carbonyl (C=O) groups excluding carboxylic acids is 1. The fraction of sp³-hybridized carbons (Fsp3) is 0.261. The van der Waals surface area contributed by atoms with E-state index in [0.717, 1.165) is 24.8 Å². The predicted octanol–water partition coefficient (Wildman–Crippen LogP) is 4.86. The van der Waals surface area contributed by atoms with E-state index in [1.807, 2.05) is 36.4 Å². The van der Waals surface area contributed by atoms with Crippen LogP contribution in [0.1, 0.15) is 36.5 Å². The maximum atomic E-state index is 12.2. The summed E-state index contributed by atoms with van der Waals surface area (Å²) >= 11 is 0. The first kappa shape index (κ1) is 20.3. The minimum absolute atomic E-state index is 0.0597. The molecule has 0 unspecified atom stereocenters. The fourth-order valence-electron chi connectivity index (χ4n) is 2.84. The maximum absolute atomic E-state index is 12.2. The third-order valence-electron chi connectivity index (χ3n) is 4.43. The van der Waals surface area contributed by atoms with E-state index in [-0.39, 0.29) is 5.91 Å². The molecule has 6 nitrogen and oxygen atoms in total. The summed E-state index contributed by atoms with van der Waals surface area (Å²) in [5, 5.41) is 2.94. The Labute approximate surface area is 170 Å². The molecule has 1 amide bonds.